The number of hydrogen-bond donors (Lipinski definition) is 2. The van der Waals surface area contributed by atoms with Gasteiger partial charge in [0.15, 0.2) is 0 Å². The molecule has 19 heavy (non-hydrogen) atoms. The Morgan fingerprint density at radius 2 is 2.11 bits per heavy atom. The maximum atomic E-state index is 12.8. The highest BCUT2D eigenvalue weighted by Crippen LogP contribution is 2.34. The van der Waals surface area contributed by atoms with Crippen molar-refractivity contribution >= 4 is 10.9 Å². The van der Waals surface area contributed by atoms with Crippen molar-refractivity contribution in [1.29, 1.82) is 0 Å². The van der Waals surface area contributed by atoms with Gasteiger partial charge in [0.25, 0.3) is 0 Å². The third-order valence-electron chi connectivity index (χ3n) is 3.51. The van der Waals surface area contributed by atoms with Gasteiger partial charge in [-0.2, -0.15) is 13.2 Å². The summed E-state index contributed by atoms with van der Waals surface area (Å²) in [6, 6.07) is 5.38. The standard InChI is InChI=1S/C13H13F3N2O/c14-13(15,16)9-2-1-8-3-10-5-17-6-11(7-19)18(10)12(8)4-9/h1-4,11,17,19H,5-7H2. The van der Waals surface area contributed by atoms with Crippen LogP contribution in [0.4, 0.5) is 13.2 Å². The summed E-state index contributed by atoms with van der Waals surface area (Å²) in [5.74, 6) is 0. The number of nitrogens with zero attached hydrogens (tertiary/aromatic N) is 1. The maximum absolute atomic E-state index is 12.8. The minimum Gasteiger partial charge on any atom is -0.394 e. The van der Waals surface area contributed by atoms with Gasteiger partial charge in [-0.3, -0.25) is 0 Å². The summed E-state index contributed by atoms with van der Waals surface area (Å²) >= 11 is 0. The van der Waals surface area contributed by atoms with E-state index in [9.17, 15) is 18.3 Å². The summed E-state index contributed by atoms with van der Waals surface area (Å²) in [5.41, 5.74) is 0.779. The Balaban J connectivity index is 2.22. The highest BCUT2D eigenvalue weighted by atomic mass is 19.4. The van der Waals surface area contributed by atoms with E-state index in [1.807, 2.05) is 6.07 Å². The topological polar surface area (TPSA) is 37.2 Å². The minimum absolute atomic E-state index is 0.0972. The van der Waals surface area contributed by atoms with Gasteiger partial charge in [0.1, 0.15) is 0 Å². The zero-order valence-electron chi connectivity index (χ0n) is 10.0. The maximum Gasteiger partial charge on any atom is 0.416 e. The quantitative estimate of drug-likeness (QED) is 0.834. The number of benzene rings is 1. The van der Waals surface area contributed by atoms with Gasteiger partial charge in [0, 0.05) is 24.3 Å². The fraction of sp³-hybridized carbons (Fsp3) is 0.385. The smallest absolute Gasteiger partial charge is 0.394 e. The van der Waals surface area contributed by atoms with Crippen molar-refractivity contribution in [2.75, 3.05) is 13.2 Å². The van der Waals surface area contributed by atoms with E-state index in [1.54, 1.807) is 4.57 Å². The molecule has 0 radical (unpaired) electrons. The summed E-state index contributed by atoms with van der Waals surface area (Å²) in [7, 11) is 0. The van der Waals surface area contributed by atoms with Gasteiger partial charge in [0.05, 0.1) is 18.2 Å². The number of aromatic nitrogens is 1. The second kappa shape index (κ2) is 4.25. The Kier molecular flexibility index (Phi) is 2.79. The molecule has 102 valence electrons. The van der Waals surface area contributed by atoms with Crippen LogP contribution in [0.3, 0.4) is 0 Å². The molecule has 1 aliphatic rings. The predicted octanol–water partition coefficient (Wildman–Crippen LogP) is 2.30. The molecule has 0 aliphatic carbocycles. The molecule has 0 spiro atoms. The molecule has 1 atom stereocenters. The van der Waals surface area contributed by atoms with Crippen molar-refractivity contribution in [3.8, 4) is 0 Å². The van der Waals surface area contributed by atoms with Gasteiger partial charge in [-0.15, -0.1) is 0 Å². The number of alkyl halides is 3. The molecule has 2 aromatic rings. The van der Waals surface area contributed by atoms with Crippen LogP contribution in [-0.4, -0.2) is 22.8 Å². The molecule has 3 rings (SSSR count). The van der Waals surface area contributed by atoms with E-state index in [0.29, 0.717) is 18.6 Å². The zero-order valence-corrected chi connectivity index (χ0v) is 10.0. The third kappa shape index (κ3) is 2.01. The third-order valence-corrected chi connectivity index (χ3v) is 3.51. The molecule has 1 unspecified atom stereocenters. The van der Waals surface area contributed by atoms with Crippen molar-refractivity contribution in [2.45, 2.75) is 18.8 Å². The fourth-order valence-electron chi connectivity index (χ4n) is 2.63. The summed E-state index contributed by atoms with van der Waals surface area (Å²) in [6.07, 6.45) is -4.35. The number of halogens is 3. The number of hydrogen-bond acceptors (Lipinski definition) is 2. The molecule has 0 bridgehead atoms. The van der Waals surface area contributed by atoms with Crippen molar-refractivity contribution in [1.82, 2.24) is 9.88 Å². The molecule has 0 fully saturated rings. The molecule has 3 nitrogen and oxygen atoms in total. The van der Waals surface area contributed by atoms with Gasteiger partial charge < -0.3 is 15.0 Å². The van der Waals surface area contributed by atoms with Crippen LogP contribution >= 0.6 is 0 Å². The molecule has 2 heterocycles. The highest BCUT2D eigenvalue weighted by molar-refractivity contribution is 5.82. The van der Waals surface area contributed by atoms with Crippen LogP contribution in [0.15, 0.2) is 24.3 Å². The largest absolute Gasteiger partial charge is 0.416 e. The first-order valence-corrected chi connectivity index (χ1v) is 6.03. The fourth-order valence-corrected chi connectivity index (χ4v) is 2.63. The van der Waals surface area contributed by atoms with Crippen LogP contribution in [0.25, 0.3) is 10.9 Å². The number of fused-ring (bicyclic) bond motifs is 3. The normalized spacial score (nSPS) is 19.7. The van der Waals surface area contributed by atoms with Crippen LogP contribution < -0.4 is 5.32 Å². The van der Waals surface area contributed by atoms with E-state index in [2.05, 4.69) is 5.32 Å². The van der Waals surface area contributed by atoms with Crippen LogP contribution in [0, 0.1) is 0 Å². The molecule has 0 saturated carbocycles. The van der Waals surface area contributed by atoms with Gasteiger partial charge in [-0.25, -0.2) is 0 Å². The number of nitrogens with one attached hydrogen (secondary N) is 1. The monoisotopic (exact) mass is 270 g/mol. The summed E-state index contributed by atoms with van der Waals surface area (Å²) in [5, 5.41) is 13.3. The Morgan fingerprint density at radius 1 is 1.32 bits per heavy atom. The Hall–Kier alpha value is -1.53. The van der Waals surface area contributed by atoms with Gasteiger partial charge in [0.2, 0.25) is 0 Å². The molecule has 1 aliphatic heterocycles. The average Bonchev–Trinajstić information content (AvgIpc) is 2.75. The summed E-state index contributed by atoms with van der Waals surface area (Å²) < 4.78 is 40.1. The molecule has 0 amide bonds. The second-order valence-corrected chi connectivity index (χ2v) is 4.74. The van der Waals surface area contributed by atoms with Gasteiger partial charge >= 0.3 is 6.18 Å². The molecule has 2 N–H and O–H groups in total. The minimum atomic E-state index is -4.35. The Morgan fingerprint density at radius 3 is 2.79 bits per heavy atom. The Labute approximate surface area is 107 Å². The van der Waals surface area contributed by atoms with E-state index < -0.39 is 11.7 Å². The highest BCUT2D eigenvalue weighted by Gasteiger charge is 2.31. The second-order valence-electron chi connectivity index (χ2n) is 4.74. The van der Waals surface area contributed by atoms with E-state index in [1.165, 1.54) is 6.07 Å². The number of rotatable bonds is 1. The van der Waals surface area contributed by atoms with E-state index >= 15 is 0 Å². The van der Waals surface area contributed by atoms with Gasteiger partial charge in [-0.1, -0.05) is 6.07 Å². The van der Waals surface area contributed by atoms with E-state index in [0.717, 1.165) is 23.2 Å². The lowest BCUT2D eigenvalue weighted by Gasteiger charge is -2.26. The first-order valence-electron chi connectivity index (χ1n) is 6.03. The molecule has 6 heteroatoms. The van der Waals surface area contributed by atoms with Crippen molar-refractivity contribution in [3.05, 3.63) is 35.5 Å². The van der Waals surface area contributed by atoms with Crippen LogP contribution in [0.5, 0.6) is 0 Å². The molecular weight excluding hydrogens is 257 g/mol. The summed E-state index contributed by atoms with van der Waals surface area (Å²) in [6.45, 7) is 1.07. The lowest BCUT2D eigenvalue weighted by atomic mass is 10.1. The number of aliphatic hydroxyl groups is 1. The SMILES string of the molecule is OCC1CNCc2cc3ccc(C(F)(F)F)cc3n21. The van der Waals surface area contributed by atoms with Crippen LogP contribution in [0.1, 0.15) is 17.3 Å². The van der Waals surface area contributed by atoms with Crippen molar-refractivity contribution in [2.24, 2.45) is 0 Å². The Bertz CT molecular complexity index is 618. The number of aliphatic hydroxyl groups excluding tert-OH is 1. The zero-order chi connectivity index (χ0) is 13.6. The average molecular weight is 270 g/mol. The van der Waals surface area contributed by atoms with Gasteiger partial charge in [-0.05, 0) is 23.6 Å². The van der Waals surface area contributed by atoms with Crippen molar-refractivity contribution in [3.63, 3.8) is 0 Å². The van der Waals surface area contributed by atoms with Crippen LogP contribution in [-0.2, 0) is 12.7 Å². The lowest BCUT2D eigenvalue weighted by Crippen LogP contribution is -2.34. The van der Waals surface area contributed by atoms with Crippen molar-refractivity contribution < 1.29 is 18.3 Å². The molecule has 1 aromatic heterocycles. The van der Waals surface area contributed by atoms with Crippen LogP contribution in [0.2, 0.25) is 0 Å². The lowest BCUT2D eigenvalue weighted by molar-refractivity contribution is -0.137. The van der Waals surface area contributed by atoms with E-state index in [4.69, 9.17) is 0 Å². The summed E-state index contributed by atoms with van der Waals surface area (Å²) in [4.78, 5) is 0. The molecule has 1 aromatic carbocycles. The molecule has 0 saturated heterocycles. The van der Waals surface area contributed by atoms with E-state index in [-0.39, 0.29) is 12.6 Å². The molecular formula is C13H13F3N2O. The first-order chi connectivity index (χ1) is 9.00. The predicted molar refractivity (Wildman–Crippen MR) is 64.8 cm³/mol. The first kappa shape index (κ1) is 12.5.